The summed E-state index contributed by atoms with van der Waals surface area (Å²) in [5.74, 6) is 2.33. The van der Waals surface area contributed by atoms with Crippen LogP contribution in [0.3, 0.4) is 0 Å². The number of fused-ring (bicyclic) bond motifs is 1. The summed E-state index contributed by atoms with van der Waals surface area (Å²) in [6, 6.07) is 11.2. The summed E-state index contributed by atoms with van der Waals surface area (Å²) in [5.41, 5.74) is 2.38. The third-order valence-electron chi connectivity index (χ3n) is 4.30. The highest BCUT2D eigenvalue weighted by Crippen LogP contribution is 2.31. The molecule has 21 heavy (non-hydrogen) atoms. The summed E-state index contributed by atoms with van der Waals surface area (Å²) >= 11 is 2.06. The standard InChI is InChI=1S/C17H23N3S/c1-12-13(2)21-9-8-20(12)17-15(11-18-3)10-14-6-4-5-7-16(14)19-17/h4-7,10,12-13,18H,8-9,11H2,1-3H3. The fraction of sp³-hybridized carbons (Fsp3) is 0.471. The monoisotopic (exact) mass is 301 g/mol. The summed E-state index contributed by atoms with van der Waals surface area (Å²) in [4.78, 5) is 7.47. The number of nitrogens with one attached hydrogen (secondary N) is 1. The maximum Gasteiger partial charge on any atom is 0.134 e. The number of pyridine rings is 1. The van der Waals surface area contributed by atoms with Crippen molar-refractivity contribution < 1.29 is 0 Å². The van der Waals surface area contributed by atoms with Crippen molar-refractivity contribution >= 4 is 28.5 Å². The molecule has 2 unspecified atom stereocenters. The summed E-state index contributed by atoms with van der Waals surface area (Å²) in [5, 5.41) is 5.15. The molecule has 2 heterocycles. The molecule has 0 amide bonds. The Morgan fingerprint density at radius 1 is 1.33 bits per heavy atom. The van der Waals surface area contributed by atoms with Crippen molar-refractivity contribution in [3.63, 3.8) is 0 Å². The lowest BCUT2D eigenvalue weighted by Gasteiger charge is -2.39. The van der Waals surface area contributed by atoms with Crippen LogP contribution in [-0.4, -0.2) is 35.6 Å². The minimum atomic E-state index is 0.521. The molecule has 1 aromatic heterocycles. The summed E-state index contributed by atoms with van der Waals surface area (Å²) in [7, 11) is 2.00. The second-order valence-corrected chi connectivity index (χ2v) is 7.19. The van der Waals surface area contributed by atoms with E-state index in [9.17, 15) is 0 Å². The van der Waals surface area contributed by atoms with Crippen LogP contribution in [0.15, 0.2) is 30.3 Å². The molecule has 3 rings (SSSR count). The van der Waals surface area contributed by atoms with Gasteiger partial charge in [-0.25, -0.2) is 4.98 Å². The largest absolute Gasteiger partial charge is 0.352 e. The zero-order valence-electron chi connectivity index (χ0n) is 13.0. The number of thioether (sulfide) groups is 1. The number of nitrogens with zero attached hydrogens (tertiary/aromatic N) is 2. The first-order chi connectivity index (χ1) is 10.2. The first-order valence-corrected chi connectivity index (χ1v) is 8.67. The Kier molecular flexibility index (Phi) is 4.36. The van der Waals surface area contributed by atoms with E-state index >= 15 is 0 Å². The molecule has 3 nitrogen and oxygen atoms in total. The minimum absolute atomic E-state index is 0.521. The normalized spacial score (nSPS) is 22.7. The van der Waals surface area contributed by atoms with Crippen LogP contribution in [-0.2, 0) is 6.54 Å². The average molecular weight is 301 g/mol. The van der Waals surface area contributed by atoms with Gasteiger partial charge in [0.15, 0.2) is 0 Å². The van der Waals surface area contributed by atoms with E-state index in [1.165, 1.54) is 16.7 Å². The van der Waals surface area contributed by atoms with E-state index in [0.29, 0.717) is 11.3 Å². The van der Waals surface area contributed by atoms with Crippen molar-refractivity contribution in [3.8, 4) is 0 Å². The second kappa shape index (κ2) is 6.24. The predicted molar refractivity (Wildman–Crippen MR) is 93.2 cm³/mol. The molecule has 0 aliphatic carbocycles. The molecule has 1 aromatic carbocycles. The molecular formula is C17H23N3S. The van der Waals surface area contributed by atoms with E-state index in [4.69, 9.17) is 4.98 Å². The van der Waals surface area contributed by atoms with E-state index < -0.39 is 0 Å². The molecule has 1 aliphatic heterocycles. The lowest BCUT2D eigenvalue weighted by atomic mass is 10.1. The number of rotatable bonds is 3. The van der Waals surface area contributed by atoms with Crippen molar-refractivity contribution in [2.45, 2.75) is 31.7 Å². The Morgan fingerprint density at radius 2 is 2.14 bits per heavy atom. The van der Waals surface area contributed by atoms with Gasteiger partial charge in [0.25, 0.3) is 0 Å². The van der Waals surface area contributed by atoms with Gasteiger partial charge in [0.2, 0.25) is 0 Å². The zero-order chi connectivity index (χ0) is 14.8. The van der Waals surface area contributed by atoms with Crippen molar-refractivity contribution in [1.29, 1.82) is 0 Å². The van der Waals surface area contributed by atoms with Crippen LogP contribution in [0.4, 0.5) is 5.82 Å². The SMILES string of the molecule is CNCc1cc2ccccc2nc1N1CCSC(C)C1C. The van der Waals surface area contributed by atoms with E-state index in [2.05, 4.69) is 66.2 Å². The molecule has 2 atom stereocenters. The molecule has 1 saturated heterocycles. The van der Waals surface area contributed by atoms with Gasteiger partial charge in [0.1, 0.15) is 5.82 Å². The first-order valence-electron chi connectivity index (χ1n) is 7.62. The molecule has 4 heteroatoms. The Balaban J connectivity index is 2.08. The van der Waals surface area contributed by atoms with Gasteiger partial charge in [-0.2, -0.15) is 11.8 Å². The van der Waals surface area contributed by atoms with Gasteiger partial charge in [0.05, 0.1) is 5.52 Å². The van der Waals surface area contributed by atoms with Crippen LogP contribution in [0.1, 0.15) is 19.4 Å². The first kappa shape index (κ1) is 14.7. The minimum Gasteiger partial charge on any atom is -0.352 e. The highest BCUT2D eigenvalue weighted by molar-refractivity contribution is 8.00. The molecule has 1 N–H and O–H groups in total. The van der Waals surface area contributed by atoms with Gasteiger partial charge in [-0.3, -0.25) is 0 Å². The Morgan fingerprint density at radius 3 is 2.95 bits per heavy atom. The van der Waals surface area contributed by atoms with E-state index in [1.54, 1.807) is 0 Å². The Bertz CT molecular complexity index is 628. The summed E-state index contributed by atoms with van der Waals surface area (Å²) < 4.78 is 0. The molecule has 0 radical (unpaired) electrons. The maximum atomic E-state index is 4.98. The fourth-order valence-electron chi connectivity index (χ4n) is 2.95. The van der Waals surface area contributed by atoms with Crippen LogP contribution < -0.4 is 10.2 Å². The van der Waals surface area contributed by atoms with Gasteiger partial charge < -0.3 is 10.2 Å². The number of para-hydroxylation sites is 1. The van der Waals surface area contributed by atoms with Crippen LogP contribution in [0.2, 0.25) is 0 Å². The van der Waals surface area contributed by atoms with Gasteiger partial charge in [-0.15, -0.1) is 0 Å². The highest BCUT2D eigenvalue weighted by atomic mass is 32.2. The van der Waals surface area contributed by atoms with Crippen LogP contribution in [0.5, 0.6) is 0 Å². The van der Waals surface area contributed by atoms with Crippen LogP contribution >= 0.6 is 11.8 Å². The molecule has 112 valence electrons. The lowest BCUT2D eigenvalue weighted by Crippen LogP contribution is -2.45. The number of aromatic nitrogens is 1. The van der Waals surface area contributed by atoms with Crippen molar-refractivity contribution in [1.82, 2.24) is 10.3 Å². The van der Waals surface area contributed by atoms with E-state index in [1.807, 2.05) is 7.05 Å². The predicted octanol–water partition coefficient (Wildman–Crippen LogP) is 3.28. The summed E-state index contributed by atoms with van der Waals surface area (Å²) in [6.45, 7) is 6.58. The van der Waals surface area contributed by atoms with Crippen molar-refractivity contribution in [2.75, 3.05) is 24.2 Å². The van der Waals surface area contributed by atoms with Crippen molar-refractivity contribution in [3.05, 3.63) is 35.9 Å². The number of hydrogen-bond acceptors (Lipinski definition) is 4. The Hall–Kier alpha value is -1.26. The third-order valence-corrected chi connectivity index (χ3v) is 5.64. The quantitative estimate of drug-likeness (QED) is 0.941. The fourth-order valence-corrected chi connectivity index (χ4v) is 4.05. The molecule has 1 fully saturated rings. The molecule has 0 bridgehead atoms. The highest BCUT2D eigenvalue weighted by Gasteiger charge is 2.27. The average Bonchev–Trinajstić information content (AvgIpc) is 2.50. The molecular weight excluding hydrogens is 278 g/mol. The number of hydrogen-bond donors (Lipinski definition) is 1. The Labute approximate surface area is 131 Å². The van der Waals surface area contributed by atoms with Crippen LogP contribution in [0, 0.1) is 0 Å². The zero-order valence-corrected chi connectivity index (χ0v) is 13.8. The molecule has 2 aromatic rings. The van der Waals surface area contributed by atoms with Crippen LogP contribution in [0.25, 0.3) is 10.9 Å². The van der Waals surface area contributed by atoms with Gasteiger partial charge in [-0.05, 0) is 26.1 Å². The topological polar surface area (TPSA) is 28.2 Å². The van der Waals surface area contributed by atoms with E-state index in [-0.39, 0.29) is 0 Å². The molecule has 1 aliphatic rings. The third kappa shape index (κ3) is 2.87. The molecule has 0 spiro atoms. The number of benzene rings is 1. The lowest BCUT2D eigenvalue weighted by molar-refractivity contribution is 0.616. The van der Waals surface area contributed by atoms with E-state index in [0.717, 1.165) is 24.4 Å². The van der Waals surface area contributed by atoms with Crippen molar-refractivity contribution in [2.24, 2.45) is 0 Å². The number of anilines is 1. The van der Waals surface area contributed by atoms with Gasteiger partial charge in [0, 0.05) is 41.1 Å². The van der Waals surface area contributed by atoms with Gasteiger partial charge >= 0.3 is 0 Å². The smallest absolute Gasteiger partial charge is 0.134 e. The maximum absolute atomic E-state index is 4.98. The summed E-state index contributed by atoms with van der Waals surface area (Å²) in [6.07, 6.45) is 0. The molecule has 0 saturated carbocycles. The van der Waals surface area contributed by atoms with Gasteiger partial charge in [-0.1, -0.05) is 25.1 Å². The second-order valence-electron chi connectivity index (χ2n) is 5.70.